The number of anilines is 1. The summed E-state index contributed by atoms with van der Waals surface area (Å²) in [6.45, 7) is 19.9. The molecular formula is C27H46N4O2. The molecule has 186 valence electrons. The molecule has 6 nitrogen and oxygen atoms in total. The van der Waals surface area contributed by atoms with Crippen molar-refractivity contribution in [3.63, 3.8) is 0 Å². The second-order valence-corrected chi connectivity index (χ2v) is 7.51. The fourth-order valence-corrected chi connectivity index (χ4v) is 3.64. The second kappa shape index (κ2) is 17.1. The van der Waals surface area contributed by atoms with Crippen molar-refractivity contribution < 1.29 is 9.53 Å². The van der Waals surface area contributed by atoms with E-state index in [2.05, 4.69) is 33.2 Å². The Morgan fingerprint density at radius 2 is 1.70 bits per heavy atom. The van der Waals surface area contributed by atoms with Crippen molar-refractivity contribution in [2.24, 2.45) is 5.92 Å². The van der Waals surface area contributed by atoms with E-state index < -0.39 is 0 Å². The number of ether oxygens (including phenoxy) is 1. The molecule has 1 aliphatic heterocycles. The Morgan fingerprint density at radius 1 is 1.03 bits per heavy atom. The molecular weight excluding hydrogens is 412 g/mol. The van der Waals surface area contributed by atoms with E-state index in [9.17, 15) is 4.79 Å². The molecule has 0 saturated carbocycles. The average Bonchev–Trinajstić information content (AvgIpc) is 2.88. The standard InChI is InChI=1S/C21H28N4O2.3C2H6/c1-14-5-7-19(22-10-14)24-21(26)16(3)25-12-15(2)9-18(13-25)17-6-8-20(27-4)23-11-17;3*1-2/h5-8,10-11,15-16,18H,9,12-13H2,1-4H3,(H,22,24,26);3*1-2H3. The van der Waals surface area contributed by atoms with Gasteiger partial charge in [-0.1, -0.05) is 60.6 Å². The summed E-state index contributed by atoms with van der Waals surface area (Å²) < 4.78 is 5.15. The summed E-state index contributed by atoms with van der Waals surface area (Å²) in [4.78, 5) is 23.6. The van der Waals surface area contributed by atoms with Crippen LogP contribution in [0.4, 0.5) is 5.82 Å². The molecule has 0 bridgehead atoms. The van der Waals surface area contributed by atoms with Gasteiger partial charge in [-0.3, -0.25) is 9.69 Å². The van der Waals surface area contributed by atoms with Gasteiger partial charge in [-0.25, -0.2) is 9.97 Å². The molecule has 0 aromatic carbocycles. The highest BCUT2D eigenvalue weighted by atomic mass is 16.5. The van der Waals surface area contributed by atoms with Gasteiger partial charge in [-0.15, -0.1) is 0 Å². The lowest BCUT2D eigenvalue weighted by atomic mass is 9.85. The zero-order valence-electron chi connectivity index (χ0n) is 22.5. The van der Waals surface area contributed by atoms with Gasteiger partial charge in [0.05, 0.1) is 13.2 Å². The van der Waals surface area contributed by atoms with E-state index in [4.69, 9.17) is 4.74 Å². The third-order valence-corrected chi connectivity index (χ3v) is 5.22. The quantitative estimate of drug-likeness (QED) is 0.567. The lowest BCUT2D eigenvalue weighted by Crippen LogP contribution is -2.48. The summed E-state index contributed by atoms with van der Waals surface area (Å²) in [5, 5.41) is 2.93. The molecule has 6 heteroatoms. The van der Waals surface area contributed by atoms with Gasteiger partial charge in [-0.05, 0) is 49.3 Å². The van der Waals surface area contributed by atoms with Crippen LogP contribution in [0.25, 0.3) is 0 Å². The van der Waals surface area contributed by atoms with Crippen LogP contribution in [0.2, 0.25) is 0 Å². The fraction of sp³-hybridized carbons (Fsp3) is 0.593. The van der Waals surface area contributed by atoms with Gasteiger partial charge < -0.3 is 10.1 Å². The monoisotopic (exact) mass is 458 g/mol. The maximum atomic E-state index is 12.7. The summed E-state index contributed by atoms with van der Waals surface area (Å²) in [6, 6.07) is 7.55. The van der Waals surface area contributed by atoms with Crippen molar-refractivity contribution in [2.75, 3.05) is 25.5 Å². The van der Waals surface area contributed by atoms with Crippen molar-refractivity contribution in [3.8, 4) is 5.88 Å². The molecule has 0 aliphatic carbocycles. The van der Waals surface area contributed by atoms with E-state index in [0.717, 1.165) is 25.1 Å². The van der Waals surface area contributed by atoms with Crippen LogP contribution < -0.4 is 10.1 Å². The Hall–Kier alpha value is -2.47. The maximum absolute atomic E-state index is 12.7. The van der Waals surface area contributed by atoms with E-state index in [0.29, 0.717) is 23.5 Å². The number of carbonyl (C=O) groups excluding carboxylic acids is 1. The number of nitrogens with zero attached hydrogens (tertiary/aromatic N) is 3. The molecule has 0 spiro atoms. The first kappa shape index (κ1) is 30.5. The van der Waals surface area contributed by atoms with E-state index in [1.54, 1.807) is 13.3 Å². The van der Waals surface area contributed by atoms with Gasteiger partial charge >= 0.3 is 0 Å². The first-order chi connectivity index (χ1) is 16.0. The molecule has 1 amide bonds. The van der Waals surface area contributed by atoms with Gasteiger partial charge in [0.1, 0.15) is 5.82 Å². The molecule has 2 aromatic heterocycles. The predicted octanol–water partition coefficient (Wildman–Crippen LogP) is 6.32. The van der Waals surface area contributed by atoms with Gasteiger partial charge in [-0.2, -0.15) is 0 Å². The normalized spacial score (nSPS) is 18.1. The predicted molar refractivity (Wildman–Crippen MR) is 140 cm³/mol. The van der Waals surface area contributed by atoms with Gasteiger partial charge in [0.25, 0.3) is 0 Å². The van der Waals surface area contributed by atoms with E-state index in [1.807, 2.05) is 79.8 Å². The van der Waals surface area contributed by atoms with Gasteiger partial charge in [0.2, 0.25) is 11.8 Å². The molecule has 0 radical (unpaired) electrons. The number of rotatable bonds is 5. The Balaban J connectivity index is 0.00000158. The SMILES string of the molecule is CC.CC.CC.COc1ccc(C2CC(C)CN(C(C)C(=O)Nc3ccc(C)cn3)C2)cn1. The number of hydrogen-bond acceptors (Lipinski definition) is 5. The van der Waals surface area contributed by atoms with Crippen molar-refractivity contribution in [1.29, 1.82) is 0 Å². The number of nitrogens with one attached hydrogen (secondary N) is 1. The molecule has 3 heterocycles. The Morgan fingerprint density at radius 3 is 2.21 bits per heavy atom. The van der Waals surface area contributed by atoms with Crippen molar-refractivity contribution in [1.82, 2.24) is 14.9 Å². The number of aromatic nitrogens is 2. The lowest BCUT2D eigenvalue weighted by molar-refractivity contribution is -0.121. The average molecular weight is 459 g/mol. The first-order valence-corrected chi connectivity index (χ1v) is 12.4. The van der Waals surface area contributed by atoms with Crippen LogP contribution in [0.15, 0.2) is 36.7 Å². The van der Waals surface area contributed by atoms with Crippen molar-refractivity contribution >= 4 is 11.7 Å². The van der Waals surface area contributed by atoms with E-state index in [-0.39, 0.29) is 11.9 Å². The number of hydrogen-bond donors (Lipinski definition) is 1. The minimum atomic E-state index is -0.218. The van der Waals surface area contributed by atoms with Crippen molar-refractivity contribution in [2.45, 2.75) is 80.7 Å². The molecule has 1 fully saturated rings. The summed E-state index contributed by atoms with van der Waals surface area (Å²) in [5.74, 6) is 2.07. The third-order valence-electron chi connectivity index (χ3n) is 5.22. The minimum absolute atomic E-state index is 0.0212. The lowest BCUT2D eigenvalue weighted by Gasteiger charge is -2.39. The number of piperidine rings is 1. The van der Waals surface area contributed by atoms with Crippen LogP contribution >= 0.6 is 0 Å². The van der Waals surface area contributed by atoms with Gasteiger partial charge in [0.15, 0.2) is 0 Å². The Bertz CT molecular complexity index is 763. The molecule has 3 unspecified atom stereocenters. The van der Waals surface area contributed by atoms with Crippen molar-refractivity contribution in [3.05, 3.63) is 47.8 Å². The van der Waals surface area contributed by atoms with Crippen LogP contribution in [-0.2, 0) is 4.79 Å². The van der Waals surface area contributed by atoms with E-state index in [1.165, 1.54) is 5.56 Å². The summed E-state index contributed by atoms with van der Waals surface area (Å²) in [7, 11) is 1.62. The molecule has 1 aliphatic rings. The molecule has 3 rings (SSSR count). The number of likely N-dealkylation sites (tertiary alicyclic amines) is 1. The maximum Gasteiger partial charge on any atom is 0.242 e. The van der Waals surface area contributed by atoms with E-state index >= 15 is 0 Å². The van der Waals surface area contributed by atoms with Crippen LogP contribution in [-0.4, -0.2) is 47.0 Å². The molecule has 2 aromatic rings. The molecule has 33 heavy (non-hydrogen) atoms. The third kappa shape index (κ3) is 9.91. The number of amides is 1. The molecule has 1 N–H and O–H groups in total. The van der Waals surface area contributed by atoms with Gasteiger partial charge in [0, 0.05) is 31.5 Å². The highest BCUT2D eigenvalue weighted by molar-refractivity contribution is 5.93. The summed E-state index contributed by atoms with van der Waals surface area (Å²) in [5.41, 5.74) is 2.27. The van der Waals surface area contributed by atoms with Crippen LogP contribution in [0.5, 0.6) is 5.88 Å². The van der Waals surface area contributed by atoms with Crippen LogP contribution in [0.3, 0.4) is 0 Å². The fourth-order valence-electron chi connectivity index (χ4n) is 3.64. The topological polar surface area (TPSA) is 67.3 Å². The summed E-state index contributed by atoms with van der Waals surface area (Å²) >= 11 is 0. The minimum Gasteiger partial charge on any atom is -0.481 e. The smallest absolute Gasteiger partial charge is 0.242 e. The Labute approximate surface area is 202 Å². The Kier molecular flexibility index (Phi) is 15.8. The zero-order chi connectivity index (χ0) is 25.4. The largest absolute Gasteiger partial charge is 0.481 e. The number of pyridine rings is 2. The highest BCUT2D eigenvalue weighted by Gasteiger charge is 2.31. The first-order valence-electron chi connectivity index (χ1n) is 12.4. The summed E-state index contributed by atoms with van der Waals surface area (Å²) in [6.07, 6.45) is 4.75. The van der Waals surface area contributed by atoms with Crippen LogP contribution in [0.1, 0.15) is 78.9 Å². The van der Waals surface area contributed by atoms with Crippen LogP contribution in [0, 0.1) is 12.8 Å². The number of carbonyl (C=O) groups is 1. The highest BCUT2D eigenvalue weighted by Crippen LogP contribution is 2.31. The molecule has 1 saturated heterocycles. The number of methoxy groups -OCH3 is 1. The zero-order valence-corrected chi connectivity index (χ0v) is 22.5. The number of aryl methyl sites for hydroxylation is 1. The second-order valence-electron chi connectivity index (χ2n) is 7.51. The molecule has 3 atom stereocenters.